The molecule has 0 radical (unpaired) electrons. The van der Waals surface area contributed by atoms with Crippen LogP contribution in [0.15, 0.2) is 66.2 Å². The predicted molar refractivity (Wildman–Crippen MR) is 131 cm³/mol. The molecule has 2 atom stereocenters. The first-order valence-electron chi connectivity index (χ1n) is 11.2. The van der Waals surface area contributed by atoms with Gasteiger partial charge in [-0.15, -0.1) is 0 Å². The third-order valence-corrected chi connectivity index (χ3v) is 7.38. The van der Waals surface area contributed by atoms with Crippen LogP contribution in [0, 0.1) is 11.6 Å². The summed E-state index contributed by atoms with van der Waals surface area (Å²) >= 11 is 1.00. The fourth-order valence-electron chi connectivity index (χ4n) is 4.74. The number of aliphatic hydroxyl groups is 1. The van der Waals surface area contributed by atoms with Gasteiger partial charge in [0.15, 0.2) is 5.13 Å². The van der Waals surface area contributed by atoms with Crippen LogP contribution in [-0.4, -0.2) is 27.9 Å². The minimum Gasteiger partial charge on any atom is -0.507 e. The zero-order chi connectivity index (χ0) is 25.1. The Balaban J connectivity index is 1.55. The van der Waals surface area contributed by atoms with Crippen LogP contribution in [0.4, 0.5) is 13.9 Å². The minimum atomic E-state index is -1.26. The number of amides is 1. The molecule has 1 aromatic heterocycles. The summed E-state index contributed by atoms with van der Waals surface area (Å²) in [5, 5.41) is 11.4. The molecule has 3 heterocycles. The van der Waals surface area contributed by atoms with Crippen LogP contribution in [0.3, 0.4) is 0 Å². The summed E-state index contributed by atoms with van der Waals surface area (Å²) in [6, 6.07) is 13.5. The van der Waals surface area contributed by atoms with Crippen LogP contribution in [0.5, 0.6) is 5.75 Å². The highest BCUT2D eigenvalue weighted by molar-refractivity contribution is 7.22. The highest BCUT2D eigenvalue weighted by Gasteiger charge is 2.49. The first-order valence-corrected chi connectivity index (χ1v) is 12.0. The minimum absolute atomic E-state index is 0.0229. The van der Waals surface area contributed by atoms with Crippen molar-refractivity contribution in [3.8, 4) is 5.75 Å². The molecule has 0 aliphatic carbocycles. The van der Waals surface area contributed by atoms with Gasteiger partial charge in [0.1, 0.15) is 35.3 Å². The molecular weight excluding hydrogens is 486 g/mol. The van der Waals surface area contributed by atoms with Crippen molar-refractivity contribution >= 4 is 44.1 Å². The van der Waals surface area contributed by atoms with Gasteiger partial charge in [0.2, 0.25) is 0 Å². The Morgan fingerprint density at radius 3 is 2.72 bits per heavy atom. The lowest BCUT2D eigenvalue weighted by Crippen LogP contribution is -2.29. The molecule has 36 heavy (non-hydrogen) atoms. The average molecular weight is 505 g/mol. The quantitative estimate of drug-likeness (QED) is 0.226. The van der Waals surface area contributed by atoms with Gasteiger partial charge in [-0.2, -0.15) is 0 Å². The van der Waals surface area contributed by atoms with Gasteiger partial charge in [0.05, 0.1) is 15.8 Å². The van der Waals surface area contributed by atoms with Crippen molar-refractivity contribution in [2.45, 2.75) is 25.5 Å². The van der Waals surface area contributed by atoms with Gasteiger partial charge in [-0.25, -0.2) is 13.8 Å². The van der Waals surface area contributed by atoms with E-state index in [1.807, 2.05) is 6.92 Å². The summed E-state index contributed by atoms with van der Waals surface area (Å²) in [7, 11) is 0. The Morgan fingerprint density at radius 2 is 1.92 bits per heavy atom. The highest BCUT2D eigenvalue weighted by atomic mass is 32.1. The van der Waals surface area contributed by atoms with Gasteiger partial charge >= 0.3 is 5.91 Å². The monoisotopic (exact) mass is 504 g/mol. The molecule has 9 heteroatoms. The standard InChI is InChI=1S/C27H18F2N2O4S/c1-13-10-15-11-14(6-9-20(15)35-13)24(32)22-23(17-4-2-3-5-18(17)29)31(26(34)25(22)33)27-30-19-8-7-16(28)12-21(19)36-27/h2-9,11-13,23,32H,10H2,1H3/b24-22+/t13-,23+/m1/s1. The molecule has 2 aliphatic rings. The van der Waals surface area contributed by atoms with Gasteiger partial charge in [0.25, 0.3) is 5.78 Å². The number of nitrogens with zero attached hydrogens (tertiary/aromatic N) is 2. The summed E-state index contributed by atoms with van der Waals surface area (Å²) in [5.41, 5.74) is 1.39. The molecule has 0 unspecified atom stereocenters. The van der Waals surface area contributed by atoms with Crippen molar-refractivity contribution in [2.75, 3.05) is 4.90 Å². The van der Waals surface area contributed by atoms with Crippen LogP contribution >= 0.6 is 11.3 Å². The third-order valence-electron chi connectivity index (χ3n) is 6.36. The first kappa shape index (κ1) is 22.4. The van der Waals surface area contributed by atoms with Crippen molar-refractivity contribution in [3.05, 3.63) is 94.6 Å². The molecule has 2 aliphatic heterocycles. The number of halogens is 2. The number of rotatable bonds is 3. The summed E-state index contributed by atoms with van der Waals surface area (Å²) in [5.74, 6) is -2.77. The van der Waals surface area contributed by atoms with E-state index in [0.29, 0.717) is 28.0 Å². The molecule has 1 N–H and O–H groups in total. The summed E-state index contributed by atoms with van der Waals surface area (Å²) in [6.45, 7) is 1.92. The number of benzene rings is 3. The van der Waals surface area contributed by atoms with E-state index < -0.39 is 35.1 Å². The van der Waals surface area contributed by atoms with Crippen LogP contribution in [0.2, 0.25) is 0 Å². The van der Waals surface area contributed by atoms with Crippen molar-refractivity contribution in [1.29, 1.82) is 0 Å². The Morgan fingerprint density at radius 1 is 1.11 bits per heavy atom. The van der Waals surface area contributed by atoms with E-state index in [0.717, 1.165) is 21.8 Å². The van der Waals surface area contributed by atoms with Crippen molar-refractivity contribution < 1.29 is 28.2 Å². The SMILES string of the molecule is C[C@@H]1Cc2cc(/C(O)=C3\C(=O)C(=O)N(c4nc5ccc(F)cc5s4)[C@H]3c3ccccc3F)ccc2O1. The maximum absolute atomic E-state index is 15.1. The number of thiazole rings is 1. The highest BCUT2D eigenvalue weighted by Crippen LogP contribution is 2.45. The molecule has 6 rings (SSSR count). The molecule has 4 aromatic rings. The predicted octanol–water partition coefficient (Wildman–Crippen LogP) is 5.52. The molecule has 1 saturated heterocycles. The van der Waals surface area contributed by atoms with Gasteiger partial charge in [0, 0.05) is 17.5 Å². The molecule has 0 spiro atoms. The van der Waals surface area contributed by atoms with E-state index in [4.69, 9.17) is 4.74 Å². The van der Waals surface area contributed by atoms with Crippen LogP contribution in [0.1, 0.15) is 29.7 Å². The van der Waals surface area contributed by atoms with E-state index in [1.54, 1.807) is 24.3 Å². The zero-order valence-electron chi connectivity index (χ0n) is 18.9. The number of carbonyl (C=O) groups is 2. The van der Waals surface area contributed by atoms with Crippen molar-refractivity contribution in [3.63, 3.8) is 0 Å². The Bertz CT molecular complexity index is 1610. The third kappa shape index (κ3) is 3.46. The molecule has 0 saturated carbocycles. The lowest BCUT2D eigenvalue weighted by atomic mass is 9.94. The largest absolute Gasteiger partial charge is 0.507 e. The number of aliphatic hydroxyl groups excluding tert-OH is 1. The van der Waals surface area contributed by atoms with E-state index in [2.05, 4.69) is 4.98 Å². The molecule has 1 fully saturated rings. The molecule has 6 nitrogen and oxygen atoms in total. The molecule has 3 aromatic carbocycles. The first-order chi connectivity index (χ1) is 17.3. The van der Waals surface area contributed by atoms with E-state index in [-0.39, 0.29) is 22.4 Å². The molecule has 180 valence electrons. The molecular formula is C27H18F2N2O4S. The fourth-order valence-corrected chi connectivity index (χ4v) is 5.75. The maximum Gasteiger partial charge on any atom is 0.301 e. The van der Waals surface area contributed by atoms with Gasteiger partial charge in [-0.05, 0) is 55.0 Å². The van der Waals surface area contributed by atoms with Crippen LogP contribution in [0.25, 0.3) is 16.0 Å². The lowest BCUT2D eigenvalue weighted by Gasteiger charge is -2.23. The molecule has 0 bridgehead atoms. The number of ketones is 1. The van der Waals surface area contributed by atoms with Gasteiger partial charge in [-0.1, -0.05) is 29.5 Å². The Hall–Kier alpha value is -4.11. The normalized spacial score (nSPS) is 20.7. The Kier molecular flexibility index (Phi) is 5.11. The number of hydrogen-bond donors (Lipinski definition) is 1. The van der Waals surface area contributed by atoms with Crippen molar-refractivity contribution in [2.24, 2.45) is 0 Å². The molecule has 1 amide bonds. The maximum atomic E-state index is 15.1. The van der Waals surface area contributed by atoms with E-state index >= 15 is 4.39 Å². The topological polar surface area (TPSA) is 79.7 Å². The summed E-state index contributed by atoms with van der Waals surface area (Å²) < 4.78 is 35.0. The average Bonchev–Trinajstić information content (AvgIpc) is 3.51. The number of hydrogen-bond acceptors (Lipinski definition) is 6. The Labute approximate surface area is 208 Å². The van der Waals surface area contributed by atoms with Gasteiger partial charge in [-0.3, -0.25) is 14.5 Å². The van der Waals surface area contributed by atoms with Crippen molar-refractivity contribution in [1.82, 2.24) is 4.98 Å². The number of carbonyl (C=O) groups excluding carboxylic acids is 2. The smallest absolute Gasteiger partial charge is 0.301 e. The second-order valence-corrected chi connectivity index (χ2v) is 9.76. The zero-order valence-corrected chi connectivity index (χ0v) is 19.7. The second kappa shape index (κ2) is 8.23. The van der Waals surface area contributed by atoms with Gasteiger partial charge < -0.3 is 9.84 Å². The van der Waals surface area contributed by atoms with Crippen LogP contribution < -0.4 is 9.64 Å². The van der Waals surface area contributed by atoms with E-state index in [9.17, 15) is 19.1 Å². The van der Waals surface area contributed by atoms with E-state index in [1.165, 1.54) is 36.4 Å². The number of Topliss-reactive ketones (excluding diaryl/α,β-unsaturated/α-hetero) is 1. The number of aromatic nitrogens is 1. The second-order valence-electron chi connectivity index (χ2n) is 8.75. The van der Waals surface area contributed by atoms with Crippen LogP contribution in [-0.2, 0) is 16.0 Å². The number of anilines is 1. The number of fused-ring (bicyclic) bond motifs is 2. The lowest BCUT2D eigenvalue weighted by molar-refractivity contribution is -0.132. The summed E-state index contributed by atoms with van der Waals surface area (Å²) in [4.78, 5) is 32.1. The summed E-state index contributed by atoms with van der Waals surface area (Å²) in [6.07, 6.45) is 0.606. The fraction of sp³-hybridized carbons (Fsp3) is 0.148. The number of ether oxygens (including phenoxy) is 1.